The second-order valence-corrected chi connectivity index (χ2v) is 6.35. The quantitative estimate of drug-likeness (QED) is 0.877. The average molecular weight is 374 g/mol. The van der Waals surface area contributed by atoms with Gasteiger partial charge in [0.1, 0.15) is 9.88 Å². The number of benzene rings is 1. The van der Waals surface area contributed by atoms with Crippen molar-refractivity contribution in [2.45, 2.75) is 19.9 Å². The van der Waals surface area contributed by atoms with E-state index in [4.69, 9.17) is 0 Å². The van der Waals surface area contributed by atoms with Crippen LogP contribution in [0.2, 0.25) is 0 Å². The van der Waals surface area contributed by atoms with E-state index in [1.807, 2.05) is 42.2 Å². The van der Waals surface area contributed by atoms with Gasteiger partial charge in [-0.3, -0.25) is 4.79 Å². The summed E-state index contributed by atoms with van der Waals surface area (Å²) in [5.41, 5.74) is 1.90. The van der Waals surface area contributed by atoms with Crippen LogP contribution < -0.4 is 5.32 Å². The Labute approximate surface area is 153 Å². The van der Waals surface area contributed by atoms with Crippen LogP contribution in [0.1, 0.15) is 22.3 Å². The van der Waals surface area contributed by atoms with E-state index in [0.29, 0.717) is 0 Å². The SMILES string of the molecule is Cc1nc(-c2ccccc2)sc1C(=O)N1CCNCC1C.Cl.Cl. The molecule has 126 valence electrons. The van der Waals surface area contributed by atoms with Crippen LogP contribution in [0.3, 0.4) is 0 Å². The summed E-state index contributed by atoms with van der Waals surface area (Å²) in [7, 11) is 0. The van der Waals surface area contributed by atoms with Gasteiger partial charge in [0.25, 0.3) is 5.91 Å². The zero-order valence-electron chi connectivity index (χ0n) is 13.1. The normalized spacial score (nSPS) is 17.1. The maximum Gasteiger partial charge on any atom is 0.266 e. The number of nitrogens with zero attached hydrogens (tertiary/aromatic N) is 2. The van der Waals surface area contributed by atoms with Crippen LogP contribution >= 0.6 is 36.2 Å². The van der Waals surface area contributed by atoms with Gasteiger partial charge < -0.3 is 10.2 Å². The molecule has 2 heterocycles. The minimum absolute atomic E-state index is 0. The van der Waals surface area contributed by atoms with E-state index in [0.717, 1.165) is 40.8 Å². The van der Waals surface area contributed by atoms with Gasteiger partial charge >= 0.3 is 0 Å². The molecule has 1 aliphatic rings. The van der Waals surface area contributed by atoms with Crippen molar-refractivity contribution in [2.24, 2.45) is 0 Å². The number of thiazole rings is 1. The van der Waals surface area contributed by atoms with Crippen molar-refractivity contribution in [3.05, 3.63) is 40.9 Å². The number of carbonyl (C=O) groups excluding carboxylic acids is 1. The molecule has 1 amide bonds. The Bertz CT molecular complexity index is 648. The zero-order valence-corrected chi connectivity index (χ0v) is 15.6. The van der Waals surface area contributed by atoms with Gasteiger partial charge in [0.05, 0.1) is 5.69 Å². The molecule has 4 nitrogen and oxygen atoms in total. The molecule has 23 heavy (non-hydrogen) atoms. The van der Waals surface area contributed by atoms with Gasteiger partial charge in [-0.1, -0.05) is 30.3 Å². The van der Waals surface area contributed by atoms with Crippen LogP contribution in [0, 0.1) is 6.92 Å². The van der Waals surface area contributed by atoms with Crippen molar-refractivity contribution in [2.75, 3.05) is 19.6 Å². The molecular formula is C16H21Cl2N3OS. The molecular weight excluding hydrogens is 353 g/mol. The maximum atomic E-state index is 12.7. The molecule has 1 fully saturated rings. The molecule has 0 aliphatic carbocycles. The first-order chi connectivity index (χ1) is 10.2. The predicted molar refractivity (Wildman–Crippen MR) is 100 cm³/mol. The molecule has 0 bridgehead atoms. The zero-order chi connectivity index (χ0) is 14.8. The minimum Gasteiger partial charge on any atom is -0.333 e. The monoisotopic (exact) mass is 373 g/mol. The number of rotatable bonds is 2. The first kappa shape index (κ1) is 19.9. The molecule has 2 aromatic rings. The Balaban J connectivity index is 0.00000132. The molecule has 1 N–H and O–H groups in total. The highest BCUT2D eigenvalue weighted by Crippen LogP contribution is 2.29. The average Bonchev–Trinajstić information content (AvgIpc) is 2.90. The van der Waals surface area contributed by atoms with E-state index < -0.39 is 0 Å². The number of piperazine rings is 1. The number of amides is 1. The summed E-state index contributed by atoms with van der Waals surface area (Å²) in [6.45, 7) is 6.48. The smallest absolute Gasteiger partial charge is 0.266 e. The van der Waals surface area contributed by atoms with Crippen molar-refractivity contribution in [1.29, 1.82) is 0 Å². The maximum absolute atomic E-state index is 12.7. The number of hydrogen-bond donors (Lipinski definition) is 1. The molecule has 0 saturated carbocycles. The first-order valence-electron chi connectivity index (χ1n) is 7.21. The lowest BCUT2D eigenvalue weighted by molar-refractivity contribution is 0.0660. The predicted octanol–water partition coefficient (Wildman–Crippen LogP) is 3.40. The number of halogens is 2. The summed E-state index contributed by atoms with van der Waals surface area (Å²) in [5.74, 6) is 0.112. The third kappa shape index (κ3) is 4.23. The van der Waals surface area contributed by atoms with Crippen molar-refractivity contribution in [3.63, 3.8) is 0 Å². The molecule has 7 heteroatoms. The van der Waals surface area contributed by atoms with Gasteiger partial charge in [0, 0.05) is 31.2 Å². The van der Waals surface area contributed by atoms with E-state index >= 15 is 0 Å². The Morgan fingerprint density at radius 1 is 1.30 bits per heavy atom. The van der Waals surface area contributed by atoms with Crippen LogP contribution in [0.4, 0.5) is 0 Å². The summed E-state index contributed by atoms with van der Waals surface area (Å²) in [4.78, 5) is 20.0. The molecule has 1 atom stereocenters. The van der Waals surface area contributed by atoms with Gasteiger partial charge in [-0.2, -0.15) is 0 Å². The molecule has 1 aliphatic heterocycles. The minimum atomic E-state index is 0. The molecule has 0 spiro atoms. The van der Waals surface area contributed by atoms with E-state index in [1.165, 1.54) is 11.3 Å². The molecule has 0 radical (unpaired) electrons. The number of hydrogen-bond acceptors (Lipinski definition) is 4. The van der Waals surface area contributed by atoms with Crippen LogP contribution in [-0.2, 0) is 0 Å². The summed E-state index contributed by atoms with van der Waals surface area (Å²) < 4.78 is 0. The Morgan fingerprint density at radius 2 is 2.00 bits per heavy atom. The Hall–Kier alpha value is -1.14. The fourth-order valence-electron chi connectivity index (χ4n) is 2.57. The van der Waals surface area contributed by atoms with Crippen molar-refractivity contribution < 1.29 is 4.79 Å². The van der Waals surface area contributed by atoms with Crippen molar-refractivity contribution in [3.8, 4) is 10.6 Å². The second kappa shape index (κ2) is 8.64. The topological polar surface area (TPSA) is 45.2 Å². The Kier molecular flexibility index (Phi) is 7.48. The highest BCUT2D eigenvalue weighted by Gasteiger charge is 2.27. The van der Waals surface area contributed by atoms with E-state index in [1.54, 1.807) is 0 Å². The fraction of sp³-hybridized carbons (Fsp3) is 0.375. The van der Waals surface area contributed by atoms with Gasteiger partial charge in [-0.05, 0) is 13.8 Å². The van der Waals surface area contributed by atoms with Gasteiger partial charge in [0.2, 0.25) is 0 Å². The molecule has 1 unspecified atom stereocenters. The largest absolute Gasteiger partial charge is 0.333 e. The first-order valence-corrected chi connectivity index (χ1v) is 8.03. The second-order valence-electron chi connectivity index (χ2n) is 5.35. The summed E-state index contributed by atoms with van der Waals surface area (Å²) in [5, 5.41) is 4.23. The van der Waals surface area contributed by atoms with Crippen molar-refractivity contribution >= 4 is 42.1 Å². The lowest BCUT2D eigenvalue weighted by atomic mass is 10.2. The summed E-state index contributed by atoms with van der Waals surface area (Å²) >= 11 is 1.49. The van der Waals surface area contributed by atoms with E-state index in [2.05, 4.69) is 17.2 Å². The third-order valence-electron chi connectivity index (χ3n) is 3.77. The number of aryl methyl sites for hydroxylation is 1. The van der Waals surface area contributed by atoms with Crippen LogP contribution in [0.15, 0.2) is 30.3 Å². The van der Waals surface area contributed by atoms with E-state index in [-0.39, 0.29) is 36.8 Å². The lowest BCUT2D eigenvalue weighted by Gasteiger charge is -2.33. The number of aromatic nitrogens is 1. The number of carbonyl (C=O) groups is 1. The van der Waals surface area contributed by atoms with Crippen LogP contribution in [0.25, 0.3) is 10.6 Å². The van der Waals surface area contributed by atoms with Gasteiger partial charge in [0.15, 0.2) is 0 Å². The van der Waals surface area contributed by atoms with Gasteiger partial charge in [-0.25, -0.2) is 4.98 Å². The van der Waals surface area contributed by atoms with Crippen LogP contribution in [-0.4, -0.2) is 41.5 Å². The molecule has 1 aromatic carbocycles. The third-order valence-corrected chi connectivity index (χ3v) is 4.97. The summed E-state index contributed by atoms with van der Waals surface area (Å²) in [6.07, 6.45) is 0. The van der Waals surface area contributed by atoms with Crippen LogP contribution in [0.5, 0.6) is 0 Å². The summed E-state index contributed by atoms with van der Waals surface area (Å²) in [6, 6.07) is 10.3. The standard InChI is InChI=1S/C16H19N3OS.2ClH/c1-11-10-17-8-9-19(11)16(20)14-12(2)18-15(21-14)13-6-4-3-5-7-13;;/h3-7,11,17H,8-10H2,1-2H3;2*1H. The molecule has 1 saturated heterocycles. The molecule has 3 rings (SSSR count). The molecule has 1 aromatic heterocycles. The van der Waals surface area contributed by atoms with E-state index in [9.17, 15) is 4.79 Å². The Morgan fingerprint density at radius 3 is 2.65 bits per heavy atom. The highest BCUT2D eigenvalue weighted by molar-refractivity contribution is 7.17. The highest BCUT2D eigenvalue weighted by atomic mass is 35.5. The van der Waals surface area contributed by atoms with Crippen molar-refractivity contribution in [1.82, 2.24) is 15.2 Å². The lowest BCUT2D eigenvalue weighted by Crippen LogP contribution is -2.52. The van der Waals surface area contributed by atoms with Gasteiger partial charge in [-0.15, -0.1) is 36.2 Å². The number of nitrogens with one attached hydrogen (secondary N) is 1. The fourth-order valence-corrected chi connectivity index (χ4v) is 3.60.